The molecule has 2 fully saturated rings. The Morgan fingerprint density at radius 2 is 1.42 bits per heavy atom. The predicted molar refractivity (Wildman–Crippen MR) is 71.6 cm³/mol. The second-order valence-corrected chi connectivity index (χ2v) is 5.32. The fraction of sp³-hybridized carbons (Fsp3) is 0.235. The van der Waals surface area contributed by atoms with Crippen molar-refractivity contribution in [2.24, 2.45) is 11.8 Å². The van der Waals surface area contributed by atoms with Crippen molar-refractivity contribution in [1.29, 1.82) is 0 Å². The van der Waals surface area contributed by atoms with E-state index in [-0.39, 0.29) is 17.3 Å². The van der Waals surface area contributed by atoms with Crippen LogP contribution in [0.3, 0.4) is 0 Å². The normalized spacial score (nSPS) is 26.6. The van der Waals surface area contributed by atoms with Crippen molar-refractivity contribution in [3.63, 3.8) is 0 Å². The molecule has 0 bridgehead atoms. The van der Waals surface area contributed by atoms with Crippen LogP contribution in [0.2, 0.25) is 0 Å². The summed E-state index contributed by atoms with van der Waals surface area (Å²) in [5, 5.41) is 0. The van der Waals surface area contributed by atoms with Crippen molar-refractivity contribution in [2.45, 2.75) is 5.41 Å². The Hall–Kier alpha value is -2.09. The number of carbonyl (C=O) groups excluding carboxylic acids is 1. The summed E-state index contributed by atoms with van der Waals surface area (Å²) >= 11 is 0. The SMILES string of the molecule is O=C1OC[C@H]2[C@@H]1C2(c1ccccc1)c1ccccc1. The monoisotopic (exact) mass is 250 g/mol. The number of fused-ring (bicyclic) bond motifs is 1. The zero-order valence-corrected chi connectivity index (χ0v) is 10.5. The molecule has 1 saturated carbocycles. The van der Waals surface area contributed by atoms with Gasteiger partial charge in [0.2, 0.25) is 0 Å². The van der Waals surface area contributed by atoms with Crippen LogP contribution in [0.1, 0.15) is 11.1 Å². The second kappa shape index (κ2) is 3.70. The van der Waals surface area contributed by atoms with Gasteiger partial charge in [-0.3, -0.25) is 4.79 Å². The lowest BCUT2D eigenvalue weighted by Crippen LogP contribution is -2.22. The molecule has 2 aromatic rings. The van der Waals surface area contributed by atoms with Crippen LogP contribution in [-0.2, 0) is 14.9 Å². The molecular formula is C17H14O2. The number of benzene rings is 2. The van der Waals surface area contributed by atoms with E-state index in [9.17, 15) is 4.79 Å². The van der Waals surface area contributed by atoms with Gasteiger partial charge in [0.1, 0.15) is 0 Å². The minimum absolute atomic E-state index is 0.00250. The van der Waals surface area contributed by atoms with E-state index in [1.165, 1.54) is 11.1 Å². The molecule has 2 aromatic carbocycles. The zero-order chi connectivity index (χ0) is 12.9. The molecule has 1 saturated heterocycles. The zero-order valence-electron chi connectivity index (χ0n) is 10.5. The van der Waals surface area contributed by atoms with Gasteiger partial charge in [0.15, 0.2) is 0 Å². The summed E-state index contributed by atoms with van der Waals surface area (Å²) in [6.45, 7) is 0.549. The maximum Gasteiger partial charge on any atom is 0.310 e. The van der Waals surface area contributed by atoms with Gasteiger partial charge in [0.05, 0.1) is 12.5 Å². The lowest BCUT2D eigenvalue weighted by Gasteiger charge is -2.21. The topological polar surface area (TPSA) is 26.3 Å². The fourth-order valence-electron chi connectivity index (χ4n) is 3.68. The summed E-state index contributed by atoms with van der Waals surface area (Å²) in [5.74, 6) is 0.250. The molecule has 1 aliphatic carbocycles. The molecule has 2 heteroatoms. The lowest BCUT2D eigenvalue weighted by atomic mass is 9.84. The Labute approximate surface area is 112 Å². The van der Waals surface area contributed by atoms with Gasteiger partial charge < -0.3 is 4.74 Å². The third-order valence-electron chi connectivity index (χ3n) is 4.53. The molecule has 0 aromatic heterocycles. The molecular weight excluding hydrogens is 236 g/mol. The van der Waals surface area contributed by atoms with Crippen molar-refractivity contribution >= 4 is 5.97 Å². The average Bonchev–Trinajstić information content (AvgIpc) is 3.02. The third-order valence-corrected chi connectivity index (χ3v) is 4.53. The van der Waals surface area contributed by atoms with Crippen LogP contribution in [0.25, 0.3) is 0 Å². The summed E-state index contributed by atoms with van der Waals surface area (Å²) < 4.78 is 5.17. The van der Waals surface area contributed by atoms with E-state index in [0.29, 0.717) is 12.5 Å². The smallest absolute Gasteiger partial charge is 0.310 e. The molecule has 1 aliphatic heterocycles. The van der Waals surface area contributed by atoms with E-state index < -0.39 is 0 Å². The summed E-state index contributed by atoms with van der Waals surface area (Å²) in [7, 11) is 0. The molecule has 1 heterocycles. The minimum atomic E-state index is -0.155. The first-order chi connectivity index (χ1) is 9.35. The van der Waals surface area contributed by atoms with E-state index in [2.05, 4.69) is 24.3 Å². The second-order valence-electron chi connectivity index (χ2n) is 5.32. The first-order valence-electron chi connectivity index (χ1n) is 6.63. The Balaban J connectivity index is 1.90. The number of hydrogen-bond donors (Lipinski definition) is 0. The van der Waals surface area contributed by atoms with E-state index in [4.69, 9.17) is 4.74 Å². The highest BCUT2D eigenvalue weighted by molar-refractivity contribution is 5.85. The molecule has 0 spiro atoms. The molecule has 0 unspecified atom stereocenters. The summed E-state index contributed by atoms with van der Waals surface area (Å²) in [4.78, 5) is 12.0. The van der Waals surface area contributed by atoms with Crippen LogP contribution in [0, 0.1) is 11.8 Å². The van der Waals surface area contributed by atoms with Gasteiger partial charge in [0.25, 0.3) is 0 Å². The van der Waals surface area contributed by atoms with Gasteiger partial charge in [-0.05, 0) is 11.1 Å². The van der Waals surface area contributed by atoms with Crippen molar-refractivity contribution < 1.29 is 9.53 Å². The number of esters is 1. The average molecular weight is 250 g/mol. The molecule has 2 nitrogen and oxygen atoms in total. The van der Waals surface area contributed by atoms with Gasteiger partial charge in [-0.1, -0.05) is 60.7 Å². The Morgan fingerprint density at radius 3 is 1.84 bits per heavy atom. The van der Waals surface area contributed by atoms with Gasteiger partial charge in [-0.25, -0.2) is 0 Å². The quantitative estimate of drug-likeness (QED) is 0.766. The highest BCUT2D eigenvalue weighted by Crippen LogP contribution is 2.66. The standard InChI is InChI=1S/C17H14O2/c18-16-15-14(11-19-16)17(15,12-7-3-1-4-8-12)13-9-5-2-6-10-13/h1-10,14-15H,11H2/t14-,15-/m0/s1. The number of rotatable bonds is 2. The Bertz CT molecular complexity index is 579. The van der Waals surface area contributed by atoms with Crippen LogP contribution < -0.4 is 0 Å². The Kier molecular flexibility index (Phi) is 2.10. The maximum absolute atomic E-state index is 12.0. The van der Waals surface area contributed by atoms with Crippen LogP contribution in [0.15, 0.2) is 60.7 Å². The van der Waals surface area contributed by atoms with Crippen LogP contribution >= 0.6 is 0 Å². The minimum Gasteiger partial charge on any atom is -0.465 e. The molecule has 0 radical (unpaired) electrons. The maximum atomic E-state index is 12.0. The molecule has 2 aliphatic rings. The molecule has 2 atom stereocenters. The molecule has 19 heavy (non-hydrogen) atoms. The van der Waals surface area contributed by atoms with Crippen LogP contribution in [0.5, 0.6) is 0 Å². The largest absolute Gasteiger partial charge is 0.465 e. The lowest BCUT2D eigenvalue weighted by molar-refractivity contribution is -0.141. The number of hydrogen-bond acceptors (Lipinski definition) is 2. The summed E-state index contributed by atoms with van der Waals surface area (Å²) in [6.07, 6.45) is 0. The van der Waals surface area contributed by atoms with Crippen LogP contribution in [-0.4, -0.2) is 12.6 Å². The van der Waals surface area contributed by atoms with E-state index in [1.54, 1.807) is 0 Å². The fourth-order valence-corrected chi connectivity index (χ4v) is 3.68. The molecule has 0 amide bonds. The van der Waals surface area contributed by atoms with Crippen molar-refractivity contribution in [3.05, 3.63) is 71.8 Å². The summed E-state index contributed by atoms with van der Waals surface area (Å²) in [5.41, 5.74) is 2.30. The van der Waals surface area contributed by atoms with Crippen molar-refractivity contribution in [1.82, 2.24) is 0 Å². The Morgan fingerprint density at radius 1 is 0.895 bits per heavy atom. The van der Waals surface area contributed by atoms with Crippen molar-refractivity contribution in [3.8, 4) is 0 Å². The predicted octanol–water partition coefficient (Wildman–Crippen LogP) is 2.78. The van der Waals surface area contributed by atoms with Gasteiger partial charge in [-0.15, -0.1) is 0 Å². The summed E-state index contributed by atoms with van der Waals surface area (Å²) in [6, 6.07) is 20.7. The first kappa shape index (κ1) is 10.8. The third kappa shape index (κ3) is 1.29. The highest BCUT2D eigenvalue weighted by atomic mass is 16.5. The number of carbonyl (C=O) groups is 1. The molecule has 4 rings (SSSR count). The van der Waals surface area contributed by atoms with E-state index >= 15 is 0 Å². The highest BCUT2D eigenvalue weighted by Gasteiger charge is 2.73. The van der Waals surface area contributed by atoms with E-state index in [0.717, 1.165) is 0 Å². The van der Waals surface area contributed by atoms with Gasteiger partial charge in [-0.2, -0.15) is 0 Å². The van der Waals surface area contributed by atoms with Gasteiger partial charge in [0, 0.05) is 11.3 Å². The van der Waals surface area contributed by atoms with Crippen LogP contribution in [0.4, 0.5) is 0 Å². The number of cyclic esters (lactones) is 1. The molecule has 94 valence electrons. The van der Waals surface area contributed by atoms with Crippen molar-refractivity contribution in [2.75, 3.05) is 6.61 Å². The van der Waals surface area contributed by atoms with E-state index in [1.807, 2.05) is 36.4 Å². The first-order valence-corrected chi connectivity index (χ1v) is 6.63. The van der Waals surface area contributed by atoms with Gasteiger partial charge >= 0.3 is 5.97 Å². The number of ether oxygens (including phenoxy) is 1. The molecule has 0 N–H and O–H groups in total.